The molecule has 104 valence electrons. The molecule has 9 nitrogen and oxygen atoms in total. The van der Waals surface area contributed by atoms with E-state index in [0.29, 0.717) is 5.82 Å². The summed E-state index contributed by atoms with van der Waals surface area (Å²) in [4.78, 5) is 35.3. The molecule has 0 aliphatic carbocycles. The molecule has 9 heteroatoms. The van der Waals surface area contributed by atoms with Gasteiger partial charge in [-0.2, -0.15) is 0 Å². The minimum Gasteiger partial charge on any atom is -0.481 e. The van der Waals surface area contributed by atoms with Crippen molar-refractivity contribution in [2.45, 2.75) is 26.3 Å². The Balaban J connectivity index is 2.41. The molecule has 0 aliphatic heterocycles. The Morgan fingerprint density at radius 1 is 1.53 bits per heavy atom. The van der Waals surface area contributed by atoms with Crippen LogP contribution < -0.4 is 5.32 Å². The molecule has 1 heterocycles. The van der Waals surface area contributed by atoms with Crippen molar-refractivity contribution in [1.82, 2.24) is 14.9 Å². The first kappa shape index (κ1) is 14.6. The Morgan fingerprint density at radius 3 is 2.74 bits per heavy atom. The lowest BCUT2D eigenvalue weighted by atomic mass is 10.3. The highest BCUT2D eigenvalue weighted by Gasteiger charge is 2.15. The number of aliphatic carboxylic acids is 1. The van der Waals surface area contributed by atoms with Gasteiger partial charge in [-0.3, -0.25) is 9.59 Å². The van der Waals surface area contributed by atoms with Crippen LogP contribution in [0, 0.1) is 17.0 Å². The summed E-state index contributed by atoms with van der Waals surface area (Å²) in [6, 6.07) is 0. The molecule has 0 spiro atoms. The van der Waals surface area contributed by atoms with Gasteiger partial charge in [-0.25, -0.2) is 0 Å². The van der Waals surface area contributed by atoms with Crippen LogP contribution in [0.2, 0.25) is 0 Å². The van der Waals surface area contributed by atoms with Crippen LogP contribution in [0.5, 0.6) is 0 Å². The number of hydrogen-bond donors (Lipinski definition) is 2. The molecule has 1 amide bonds. The zero-order valence-electron chi connectivity index (χ0n) is 10.3. The average molecular weight is 270 g/mol. The Kier molecular flexibility index (Phi) is 4.98. The average Bonchev–Trinajstić information content (AvgIpc) is 2.68. The summed E-state index contributed by atoms with van der Waals surface area (Å²) in [6.07, 6.45) is 1.23. The van der Waals surface area contributed by atoms with E-state index in [1.54, 1.807) is 6.92 Å². The monoisotopic (exact) mass is 270 g/mol. The van der Waals surface area contributed by atoms with Gasteiger partial charge in [0.25, 0.3) is 0 Å². The molecule has 0 fully saturated rings. The quantitative estimate of drug-likeness (QED) is 0.533. The van der Waals surface area contributed by atoms with Crippen molar-refractivity contribution < 1.29 is 19.6 Å². The highest BCUT2D eigenvalue weighted by atomic mass is 16.6. The maximum Gasteiger partial charge on any atom is 0.381 e. The van der Waals surface area contributed by atoms with Gasteiger partial charge in [-0.15, -0.1) is 0 Å². The first-order valence-corrected chi connectivity index (χ1v) is 5.57. The first-order chi connectivity index (χ1) is 8.90. The Bertz CT molecular complexity index is 496. The topological polar surface area (TPSA) is 127 Å². The molecule has 1 aromatic heterocycles. The van der Waals surface area contributed by atoms with Crippen LogP contribution >= 0.6 is 0 Å². The van der Waals surface area contributed by atoms with E-state index in [1.807, 2.05) is 0 Å². The van der Waals surface area contributed by atoms with Gasteiger partial charge >= 0.3 is 11.8 Å². The number of carbonyl (C=O) groups excluding carboxylic acids is 1. The van der Waals surface area contributed by atoms with E-state index in [0.717, 1.165) is 0 Å². The summed E-state index contributed by atoms with van der Waals surface area (Å²) in [6.45, 7) is 1.93. The van der Waals surface area contributed by atoms with Crippen LogP contribution in [0.25, 0.3) is 0 Å². The summed E-state index contributed by atoms with van der Waals surface area (Å²) in [5, 5.41) is 21.3. The van der Waals surface area contributed by atoms with E-state index in [-0.39, 0.29) is 37.7 Å². The van der Waals surface area contributed by atoms with Gasteiger partial charge in [0.15, 0.2) is 0 Å². The molecule has 1 rings (SSSR count). The van der Waals surface area contributed by atoms with E-state index < -0.39 is 10.9 Å². The lowest BCUT2D eigenvalue weighted by molar-refractivity contribution is -0.389. The fourth-order valence-corrected chi connectivity index (χ4v) is 1.43. The third-order valence-corrected chi connectivity index (χ3v) is 2.39. The summed E-state index contributed by atoms with van der Waals surface area (Å²) in [5.41, 5.74) is 0. The molecular weight excluding hydrogens is 256 g/mol. The number of aryl methyl sites for hydroxylation is 2. The summed E-state index contributed by atoms with van der Waals surface area (Å²) in [5.74, 6) is -1.10. The van der Waals surface area contributed by atoms with Gasteiger partial charge in [-0.05, 0) is 9.91 Å². The van der Waals surface area contributed by atoms with Crippen LogP contribution in [0.3, 0.4) is 0 Å². The second kappa shape index (κ2) is 6.47. The summed E-state index contributed by atoms with van der Waals surface area (Å²) in [7, 11) is 0. The number of nitro groups is 1. The fraction of sp³-hybridized carbons (Fsp3) is 0.500. The SMILES string of the molecule is Cc1nc([N+](=O)[O-])cn1CCC(=O)NCCC(=O)O. The predicted molar refractivity (Wildman–Crippen MR) is 63.5 cm³/mol. The number of nitrogens with one attached hydrogen (secondary N) is 1. The number of aromatic nitrogens is 2. The zero-order valence-corrected chi connectivity index (χ0v) is 10.3. The molecular formula is C10H14N4O5. The van der Waals surface area contributed by atoms with E-state index >= 15 is 0 Å². The molecule has 1 aromatic rings. The molecule has 0 aromatic carbocycles. The smallest absolute Gasteiger partial charge is 0.381 e. The van der Waals surface area contributed by atoms with E-state index in [2.05, 4.69) is 10.3 Å². The number of nitrogens with zero attached hydrogens (tertiary/aromatic N) is 3. The number of imidazole rings is 1. The maximum atomic E-state index is 11.4. The van der Waals surface area contributed by atoms with Crippen molar-refractivity contribution in [3.63, 3.8) is 0 Å². The van der Waals surface area contributed by atoms with Crippen molar-refractivity contribution in [3.05, 3.63) is 22.1 Å². The van der Waals surface area contributed by atoms with Crippen LogP contribution in [0.15, 0.2) is 6.20 Å². The third-order valence-electron chi connectivity index (χ3n) is 2.39. The Morgan fingerprint density at radius 2 is 2.21 bits per heavy atom. The lowest BCUT2D eigenvalue weighted by Gasteiger charge is -2.04. The molecule has 2 N–H and O–H groups in total. The molecule has 19 heavy (non-hydrogen) atoms. The van der Waals surface area contributed by atoms with Crippen molar-refractivity contribution in [2.75, 3.05) is 6.54 Å². The molecule has 0 atom stereocenters. The standard InChI is InChI=1S/C10H14N4O5/c1-7-12-8(14(18)19)6-13(7)5-3-9(15)11-4-2-10(16)17/h6H,2-5H2,1H3,(H,11,15)(H,16,17). The number of carbonyl (C=O) groups is 2. The maximum absolute atomic E-state index is 11.4. The van der Waals surface area contributed by atoms with Gasteiger partial charge in [0.1, 0.15) is 6.20 Å². The lowest BCUT2D eigenvalue weighted by Crippen LogP contribution is -2.26. The Hall–Kier alpha value is -2.45. The summed E-state index contributed by atoms with van der Waals surface area (Å²) < 4.78 is 1.51. The predicted octanol–water partition coefficient (Wildman–Crippen LogP) is 0.0807. The fourth-order valence-electron chi connectivity index (χ4n) is 1.43. The van der Waals surface area contributed by atoms with Crippen LogP contribution in [-0.4, -0.2) is 38.0 Å². The summed E-state index contributed by atoms with van der Waals surface area (Å²) >= 11 is 0. The molecule has 0 aliphatic rings. The van der Waals surface area contributed by atoms with Crippen LogP contribution in [0.4, 0.5) is 5.82 Å². The number of rotatable bonds is 7. The largest absolute Gasteiger partial charge is 0.481 e. The first-order valence-electron chi connectivity index (χ1n) is 5.57. The number of hydrogen-bond acceptors (Lipinski definition) is 5. The normalized spacial score (nSPS) is 10.2. The van der Waals surface area contributed by atoms with E-state index in [9.17, 15) is 19.7 Å². The molecule has 0 bridgehead atoms. The minimum atomic E-state index is -0.985. The second-order valence-corrected chi connectivity index (χ2v) is 3.84. The van der Waals surface area contributed by atoms with Crippen molar-refractivity contribution in [2.24, 2.45) is 0 Å². The number of amides is 1. The minimum absolute atomic E-state index is 0.0667. The highest BCUT2D eigenvalue weighted by molar-refractivity contribution is 5.76. The molecule has 0 saturated heterocycles. The van der Waals surface area contributed by atoms with Crippen molar-refractivity contribution in [1.29, 1.82) is 0 Å². The number of carboxylic acids is 1. The van der Waals surface area contributed by atoms with E-state index in [4.69, 9.17) is 5.11 Å². The van der Waals surface area contributed by atoms with Crippen LogP contribution in [0.1, 0.15) is 18.7 Å². The van der Waals surface area contributed by atoms with Crippen molar-refractivity contribution >= 4 is 17.7 Å². The highest BCUT2D eigenvalue weighted by Crippen LogP contribution is 2.10. The molecule has 0 unspecified atom stereocenters. The second-order valence-electron chi connectivity index (χ2n) is 3.84. The van der Waals surface area contributed by atoms with E-state index in [1.165, 1.54) is 10.8 Å². The van der Waals surface area contributed by atoms with Gasteiger partial charge in [0.2, 0.25) is 11.7 Å². The van der Waals surface area contributed by atoms with Gasteiger partial charge < -0.3 is 25.1 Å². The zero-order chi connectivity index (χ0) is 14.4. The Labute approximate surface area is 108 Å². The van der Waals surface area contributed by atoms with Gasteiger partial charge in [0.05, 0.1) is 6.42 Å². The number of carboxylic acid groups (broad SMARTS) is 1. The van der Waals surface area contributed by atoms with Gasteiger partial charge in [-0.1, -0.05) is 0 Å². The van der Waals surface area contributed by atoms with Crippen molar-refractivity contribution in [3.8, 4) is 0 Å². The molecule has 0 radical (unpaired) electrons. The molecule has 0 saturated carbocycles. The third kappa shape index (κ3) is 4.74. The van der Waals surface area contributed by atoms with Crippen LogP contribution in [-0.2, 0) is 16.1 Å². The van der Waals surface area contributed by atoms with Gasteiger partial charge in [0, 0.05) is 26.4 Å².